The van der Waals surface area contributed by atoms with Gasteiger partial charge in [0.15, 0.2) is 5.65 Å². The number of amides is 1. The van der Waals surface area contributed by atoms with Crippen molar-refractivity contribution in [3.63, 3.8) is 0 Å². The van der Waals surface area contributed by atoms with Crippen molar-refractivity contribution in [3.05, 3.63) is 29.2 Å². The first-order chi connectivity index (χ1) is 9.93. The molecule has 0 saturated heterocycles. The highest BCUT2D eigenvalue weighted by Crippen LogP contribution is 2.15. The van der Waals surface area contributed by atoms with Gasteiger partial charge < -0.3 is 10.0 Å². The predicted molar refractivity (Wildman–Crippen MR) is 71.5 cm³/mol. The highest BCUT2D eigenvalue weighted by Gasteiger charge is 2.23. The van der Waals surface area contributed by atoms with Gasteiger partial charge in [0.05, 0.1) is 19.3 Å². The summed E-state index contributed by atoms with van der Waals surface area (Å²) in [6.45, 7) is 2.31. The van der Waals surface area contributed by atoms with E-state index >= 15 is 0 Å². The van der Waals surface area contributed by atoms with Crippen molar-refractivity contribution < 1.29 is 18.7 Å². The summed E-state index contributed by atoms with van der Waals surface area (Å²) in [6.07, 6.45) is -1.36. The fraction of sp³-hybridized carbons (Fsp3) is 0.462. The minimum atomic E-state index is -2.67. The van der Waals surface area contributed by atoms with Gasteiger partial charge in [-0.25, -0.2) is 18.3 Å². The predicted octanol–water partition coefficient (Wildman–Crippen LogP) is 1.05. The standard InChI is InChI=1S/C13H16F2N4O2/c1-8-5-9(2)19-12(17-8)10(6-16-19)13(21)18(3-4-20)7-11(14)15/h5-6,11,20H,3-4,7H2,1-2H3. The van der Waals surface area contributed by atoms with Crippen LogP contribution >= 0.6 is 0 Å². The van der Waals surface area contributed by atoms with E-state index in [0.29, 0.717) is 11.3 Å². The van der Waals surface area contributed by atoms with Crippen LogP contribution in [0.3, 0.4) is 0 Å². The molecule has 1 amide bonds. The Morgan fingerprint density at radius 2 is 2.19 bits per heavy atom. The maximum Gasteiger partial charge on any atom is 0.259 e. The molecule has 0 bridgehead atoms. The number of hydrogen-bond donors (Lipinski definition) is 1. The monoisotopic (exact) mass is 298 g/mol. The highest BCUT2D eigenvalue weighted by atomic mass is 19.3. The molecular formula is C13H16F2N4O2. The minimum absolute atomic E-state index is 0.149. The molecule has 2 aromatic heterocycles. The first kappa shape index (κ1) is 15.3. The van der Waals surface area contributed by atoms with E-state index in [0.717, 1.165) is 10.6 Å². The van der Waals surface area contributed by atoms with E-state index in [1.807, 2.05) is 6.92 Å². The van der Waals surface area contributed by atoms with Gasteiger partial charge in [-0.3, -0.25) is 4.79 Å². The molecule has 0 atom stereocenters. The number of alkyl halides is 2. The Hall–Kier alpha value is -2.09. The maximum atomic E-state index is 12.5. The first-order valence-electron chi connectivity index (χ1n) is 6.44. The van der Waals surface area contributed by atoms with Crippen LogP contribution in [0.25, 0.3) is 5.65 Å². The number of carbonyl (C=O) groups is 1. The molecule has 0 spiro atoms. The molecule has 0 aliphatic rings. The Bertz CT molecular complexity index is 657. The topological polar surface area (TPSA) is 70.7 Å². The van der Waals surface area contributed by atoms with E-state index in [1.54, 1.807) is 13.0 Å². The lowest BCUT2D eigenvalue weighted by molar-refractivity contribution is 0.0510. The number of fused-ring (bicyclic) bond motifs is 1. The van der Waals surface area contributed by atoms with Crippen molar-refractivity contribution in [3.8, 4) is 0 Å². The van der Waals surface area contributed by atoms with Crippen LogP contribution in [0.15, 0.2) is 12.3 Å². The summed E-state index contributed by atoms with van der Waals surface area (Å²) < 4.78 is 26.6. The summed E-state index contributed by atoms with van der Waals surface area (Å²) in [5.41, 5.74) is 1.97. The van der Waals surface area contributed by atoms with Gasteiger partial charge in [-0.1, -0.05) is 0 Å². The Kier molecular flexibility index (Phi) is 4.46. The van der Waals surface area contributed by atoms with Gasteiger partial charge in [0.1, 0.15) is 5.56 Å². The zero-order valence-corrected chi connectivity index (χ0v) is 11.8. The number of halogens is 2. The van der Waals surface area contributed by atoms with Crippen LogP contribution in [0, 0.1) is 13.8 Å². The normalized spacial score (nSPS) is 11.3. The van der Waals surface area contributed by atoms with Gasteiger partial charge in [-0.05, 0) is 19.9 Å². The van der Waals surface area contributed by atoms with Crippen molar-refractivity contribution in [1.29, 1.82) is 0 Å². The Balaban J connectivity index is 2.42. The van der Waals surface area contributed by atoms with Crippen molar-refractivity contribution in [2.24, 2.45) is 0 Å². The van der Waals surface area contributed by atoms with Crippen LogP contribution in [-0.2, 0) is 0 Å². The minimum Gasteiger partial charge on any atom is -0.395 e. The van der Waals surface area contributed by atoms with E-state index in [4.69, 9.17) is 5.11 Å². The van der Waals surface area contributed by atoms with Gasteiger partial charge in [0, 0.05) is 17.9 Å². The molecule has 0 radical (unpaired) electrons. The van der Waals surface area contributed by atoms with Crippen LogP contribution in [0.5, 0.6) is 0 Å². The smallest absolute Gasteiger partial charge is 0.259 e. The lowest BCUT2D eigenvalue weighted by Crippen LogP contribution is -2.37. The van der Waals surface area contributed by atoms with Crippen LogP contribution in [-0.4, -0.2) is 56.6 Å². The molecule has 0 unspecified atom stereocenters. The fourth-order valence-corrected chi connectivity index (χ4v) is 2.15. The third-order valence-corrected chi connectivity index (χ3v) is 3.02. The molecule has 0 saturated carbocycles. The number of carbonyl (C=O) groups excluding carboxylic acids is 1. The molecule has 0 fully saturated rings. The van der Waals surface area contributed by atoms with Crippen LogP contribution < -0.4 is 0 Å². The van der Waals surface area contributed by atoms with E-state index in [-0.39, 0.29) is 18.7 Å². The summed E-state index contributed by atoms with van der Waals surface area (Å²) >= 11 is 0. The molecule has 2 rings (SSSR count). The Labute approximate surface area is 120 Å². The first-order valence-corrected chi connectivity index (χ1v) is 6.44. The summed E-state index contributed by atoms with van der Waals surface area (Å²) in [5, 5.41) is 13.0. The number of aryl methyl sites for hydroxylation is 2. The number of aromatic nitrogens is 3. The van der Waals surface area contributed by atoms with E-state index < -0.39 is 18.9 Å². The fourth-order valence-electron chi connectivity index (χ4n) is 2.15. The van der Waals surface area contributed by atoms with Gasteiger partial charge >= 0.3 is 0 Å². The molecule has 0 aromatic carbocycles. The maximum absolute atomic E-state index is 12.5. The van der Waals surface area contributed by atoms with Crippen molar-refractivity contribution in [1.82, 2.24) is 19.5 Å². The van der Waals surface area contributed by atoms with E-state index in [2.05, 4.69) is 10.1 Å². The second kappa shape index (κ2) is 6.13. The van der Waals surface area contributed by atoms with Crippen LogP contribution in [0.4, 0.5) is 8.78 Å². The van der Waals surface area contributed by atoms with Crippen molar-refractivity contribution in [2.75, 3.05) is 19.7 Å². The summed E-state index contributed by atoms with van der Waals surface area (Å²) in [6, 6.07) is 1.80. The number of hydrogen-bond acceptors (Lipinski definition) is 4. The van der Waals surface area contributed by atoms with E-state index in [9.17, 15) is 13.6 Å². The highest BCUT2D eigenvalue weighted by molar-refractivity contribution is 5.99. The number of aliphatic hydroxyl groups excluding tert-OH is 1. The molecular weight excluding hydrogens is 282 g/mol. The molecule has 114 valence electrons. The molecule has 0 aliphatic carbocycles. The van der Waals surface area contributed by atoms with Crippen molar-refractivity contribution in [2.45, 2.75) is 20.3 Å². The van der Waals surface area contributed by atoms with E-state index in [1.165, 1.54) is 10.7 Å². The van der Waals surface area contributed by atoms with Gasteiger partial charge in [0.25, 0.3) is 12.3 Å². The lowest BCUT2D eigenvalue weighted by Gasteiger charge is -2.20. The summed E-state index contributed by atoms with van der Waals surface area (Å²) in [4.78, 5) is 17.5. The third kappa shape index (κ3) is 3.15. The molecule has 0 aliphatic heterocycles. The molecule has 1 N–H and O–H groups in total. The molecule has 21 heavy (non-hydrogen) atoms. The van der Waals surface area contributed by atoms with Gasteiger partial charge in [-0.2, -0.15) is 5.10 Å². The zero-order valence-electron chi connectivity index (χ0n) is 11.8. The lowest BCUT2D eigenvalue weighted by atomic mass is 10.2. The molecule has 6 nitrogen and oxygen atoms in total. The third-order valence-electron chi connectivity index (χ3n) is 3.02. The SMILES string of the molecule is Cc1cc(C)n2ncc(C(=O)N(CCO)CC(F)F)c2n1. The van der Waals surface area contributed by atoms with Crippen molar-refractivity contribution >= 4 is 11.6 Å². The molecule has 2 aromatic rings. The average Bonchev–Trinajstić information content (AvgIpc) is 2.80. The summed E-state index contributed by atoms with van der Waals surface area (Å²) in [7, 11) is 0. The molecule has 2 heterocycles. The second-order valence-corrected chi connectivity index (χ2v) is 4.70. The molecule has 8 heteroatoms. The zero-order chi connectivity index (χ0) is 15.6. The van der Waals surface area contributed by atoms with Crippen LogP contribution in [0.2, 0.25) is 0 Å². The van der Waals surface area contributed by atoms with Crippen LogP contribution in [0.1, 0.15) is 21.7 Å². The summed E-state index contributed by atoms with van der Waals surface area (Å²) in [5.74, 6) is -0.614. The Morgan fingerprint density at radius 1 is 1.48 bits per heavy atom. The Morgan fingerprint density at radius 3 is 2.81 bits per heavy atom. The number of rotatable bonds is 5. The quantitative estimate of drug-likeness (QED) is 0.895. The largest absolute Gasteiger partial charge is 0.395 e. The number of nitrogens with zero attached hydrogens (tertiary/aromatic N) is 4. The number of aliphatic hydroxyl groups is 1. The van der Waals surface area contributed by atoms with Gasteiger partial charge in [0.2, 0.25) is 0 Å². The second-order valence-electron chi connectivity index (χ2n) is 4.70. The van der Waals surface area contributed by atoms with Gasteiger partial charge in [-0.15, -0.1) is 0 Å². The average molecular weight is 298 g/mol.